The second kappa shape index (κ2) is 6.46. The van der Waals surface area contributed by atoms with Gasteiger partial charge in [0.15, 0.2) is 0 Å². The SMILES string of the molecule is C=CC(=C)C1(/C(C)=C/C)c2cc(C#N)ccc2-c2ccc(B(O)O)cc21. The molecular formula is C22H20BNO2. The molecule has 128 valence electrons. The van der Waals surface area contributed by atoms with Gasteiger partial charge in [-0.3, -0.25) is 0 Å². The quantitative estimate of drug-likeness (QED) is 0.510. The minimum absolute atomic E-state index is 0.419. The smallest absolute Gasteiger partial charge is 0.423 e. The number of nitrogens with zero attached hydrogens (tertiary/aromatic N) is 1. The van der Waals surface area contributed by atoms with Crippen molar-refractivity contribution in [3.8, 4) is 17.2 Å². The monoisotopic (exact) mass is 341 g/mol. The Morgan fingerprint density at radius 1 is 1.15 bits per heavy atom. The molecule has 2 aromatic rings. The minimum Gasteiger partial charge on any atom is -0.423 e. The van der Waals surface area contributed by atoms with E-state index >= 15 is 0 Å². The highest BCUT2D eigenvalue weighted by molar-refractivity contribution is 6.58. The largest absolute Gasteiger partial charge is 0.488 e. The van der Waals surface area contributed by atoms with Gasteiger partial charge in [-0.1, -0.05) is 55.1 Å². The Bertz CT molecular complexity index is 994. The van der Waals surface area contributed by atoms with E-state index in [1.54, 1.807) is 18.2 Å². The fourth-order valence-corrected chi connectivity index (χ4v) is 3.97. The standard InChI is InChI=1S/C22H20BNO2/c1-5-14(3)22(15(4)6-2)20-11-16(13-24)7-9-18(20)19-10-8-17(23(25)26)12-21(19)22/h5-12,25-26H,1,3H2,2,4H3/b15-6+. The molecule has 0 bridgehead atoms. The lowest BCUT2D eigenvalue weighted by atomic mass is 9.66. The highest BCUT2D eigenvalue weighted by atomic mass is 16.4. The average Bonchev–Trinajstić information content (AvgIpc) is 2.96. The first-order valence-corrected chi connectivity index (χ1v) is 8.42. The van der Waals surface area contributed by atoms with Crippen LogP contribution in [0.1, 0.15) is 30.5 Å². The summed E-state index contributed by atoms with van der Waals surface area (Å²) in [7, 11) is -1.56. The maximum Gasteiger partial charge on any atom is 0.488 e. The van der Waals surface area contributed by atoms with Gasteiger partial charge >= 0.3 is 7.12 Å². The van der Waals surface area contributed by atoms with Crippen LogP contribution in [-0.2, 0) is 5.41 Å². The molecule has 1 atom stereocenters. The fraction of sp³-hybridized carbons (Fsp3) is 0.136. The van der Waals surface area contributed by atoms with Gasteiger partial charge < -0.3 is 10.0 Å². The van der Waals surface area contributed by atoms with E-state index in [4.69, 9.17) is 0 Å². The van der Waals surface area contributed by atoms with Crippen molar-refractivity contribution in [2.75, 3.05) is 0 Å². The summed E-state index contributed by atoms with van der Waals surface area (Å²) in [6.07, 6.45) is 3.75. The van der Waals surface area contributed by atoms with E-state index in [0.29, 0.717) is 11.0 Å². The van der Waals surface area contributed by atoms with Crippen molar-refractivity contribution in [2.24, 2.45) is 0 Å². The predicted molar refractivity (Wildman–Crippen MR) is 106 cm³/mol. The van der Waals surface area contributed by atoms with Gasteiger partial charge in [0, 0.05) is 0 Å². The molecule has 26 heavy (non-hydrogen) atoms. The van der Waals surface area contributed by atoms with Crippen molar-refractivity contribution in [2.45, 2.75) is 19.3 Å². The molecule has 0 spiro atoms. The van der Waals surface area contributed by atoms with Crippen LogP contribution >= 0.6 is 0 Å². The third-order valence-electron chi connectivity index (χ3n) is 5.34. The van der Waals surface area contributed by atoms with Crippen molar-refractivity contribution >= 4 is 12.6 Å². The number of benzene rings is 2. The maximum absolute atomic E-state index is 9.67. The molecule has 0 saturated heterocycles. The summed E-state index contributed by atoms with van der Waals surface area (Å²) in [5.41, 5.74) is 6.05. The third-order valence-corrected chi connectivity index (χ3v) is 5.34. The zero-order chi connectivity index (χ0) is 19.1. The number of nitriles is 1. The lowest BCUT2D eigenvalue weighted by molar-refractivity contribution is 0.425. The molecule has 0 aromatic heterocycles. The Balaban J connectivity index is 2.50. The Labute approximate surface area is 154 Å². The topological polar surface area (TPSA) is 64.2 Å². The first-order valence-electron chi connectivity index (χ1n) is 8.42. The molecule has 1 aliphatic rings. The van der Waals surface area contributed by atoms with E-state index in [0.717, 1.165) is 33.4 Å². The zero-order valence-electron chi connectivity index (χ0n) is 15.0. The van der Waals surface area contributed by atoms with Crippen LogP contribution in [-0.4, -0.2) is 17.2 Å². The molecule has 0 aliphatic heterocycles. The number of rotatable bonds is 4. The molecule has 0 heterocycles. The second-order valence-electron chi connectivity index (χ2n) is 6.50. The summed E-state index contributed by atoms with van der Waals surface area (Å²) in [6, 6.07) is 13.3. The van der Waals surface area contributed by atoms with Gasteiger partial charge in [-0.05, 0) is 59.3 Å². The molecule has 0 fully saturated rings. The van der Waals surface area contributed by atoms with Crippen LogP contribution in [0.5, 0.6) is 0 Å². The third kappa shape index (κ3) is 2.29. The molecule has 2 aromatic carbocycles. The molecule has 4 heteroatoms. The van der Waals surface area contributed by atoms with Crippen molar-refractivity contribution < 1.29 is 10.0 Å². The van der Waals surface area contributed by atoms with Gasteiger partial charge in [-0.2, -0.15) is 5.26 Å². The Kier molecular flexibility index (Phi) is 4.45. The van der Waals surface area contributed by atoms with Gasteiger partial charge in [0.1, 0.15) is 0 Å². The normalized spacial score (nSPS) is 17.9. The highest BCUT2D eigenvalue weighted by Gasteiger charge is 2.46. The van der Waals surface area contributed by atoms with Gasteiger partial charge in [0.05, 0.1) is 17.0 Å². The van der Waals surface area contributed by atoms with Crippen LogP contribution < -0.4 is 5.46 Å². The molecule has 0 saturated carbocycles. The van der Waals surface area contributed by atoms with Gasteiger partial charge in [0.2, 0.25) is 0 Å². The summed E-state index contributed by atoms with van der Waals surface area (Å²) in [5, 5.41) is 28.7. The first-order chi connectivity index (χ1) is 12.4. The lowest BCUT2D eigenvalue weighted by Crippen LogP contribution is -2.33. The molecule has 0 radical (unpaired) electrons. The number of hydrogen-bond acceptors (Lipinski definition) is 3. The summed E-state index contributed by atoms with van der Waals surface area (Å²) in [6.45, 7) is 12.2. The summed E-state index contributed by atoms with van der Waals surface area (Å²) < 4.78 is 0. The number of hydrogen-bond donors (Lipinski definition) is 2. The minimum atomic E-state index is -1.56. The van der Waals surface area contributed by atoms with Crippen LogP contribution in [0, 0.1) is 11.3 Å². The van der Waals surface area contributed by atoms with Crippen LogP contribution in [0.3, 0.4) is 0 Å². The molecule has 2 N–H and O–H groups in total. The van der Waals surface area contributed by atoms with Crippen molar-refractivity contribution in [3.05, 3.63) is 89.5 Å². The van der Waals surface area contributed by atoms with E-state index in [1.807, 2.05) is 44.2 Å². The second-order valence-corrected chi connectivity index (χ2v) is 6.50. The van der Waals surface area contributed by atoms with Crippen LogP contribution in [0.4, 0.5) is 0 Å². The van der Waals surface area contributed by atoms with E-state index in [-0.39, 0.29) is 0 Å². The molecule has 1 unspecified atom stereocenters. The van der Waals surface area contributed by atoms with Crippen LogP contribution in [0.25, 0.3) is 11.1 Å². The van der Waals surface area contributed by atoms with Crippen LogP contribution in [0.2, 0.25) is 0 Å². The van der Waals surface area contributed by atoms with Crippen molar-refractivity contribution in [1.82, 2.24) is 0 Å². The Morgan fingerprint density at radius 3 is 2.31 bits per heavy atom. The van der Waals surface area contributed by atoms with Gasteiger partial charge in [-0.15, -0.1) is 0 Å². The summed E-state index contributed by atoms with van der Waals surface area (Å²) in [4.78, 5) is 0. The lowest BCUT2D eigenvalue weighted by Gasteiger charge is -2.35. The van der Waals surface area contributed by atoms with E-state index < -0.39 is 12.5 Å². The molecule has 3 nitrogen and oxygen atoms in total. The molecule has 1 aliphatic carbocycles. The highest BCUT2D eigenvalue weighted by Crippen LogP contribution is 2.56. The van der Waals surface area contributed by atoms with Crippen molar-refractivity contribution in [3.63, 3.8) is 0 Å². The zero-order valence-corrected chi connectivity index (χ0v) is 15.0. The van der Waals surface area contributed by atoms with Gasteiger partial charge in [0.25, 0.3) is 0 Å². The van der Waals surface area contributed by atoms with Crippen LogP contribution in [0.15, 0.2) is 72.9 Å². The number of allylic oxidation sites excluding steroid dienone is 4. The van der Waals surface area contributed by atoms with E-state index in [2.05, 4.69) is 19.2 Å². The fourth-order valence-electron chi connectivity index (χ4n) is 3.97. The average molecular weight is 341 g/mol. The molecular weight excluding hydrogens is 321 g/mol. The molecule has 0 amide bonds. The first kappa shape index (κ1) is 17.9. The maximum atomic E-state index is 9.67. The number of fused-ring (bicyclic) bond motifs is 3. The van der Waals surface area contributed by atoms with Gasteiger partial charge in [-0.25, -0.2) is 0 Å². The van der Waals surface area contributed by atoms with E-state index in [1.165, 1.54) is 0 Å². The molecule has 3 rings (SSSR count). The Hall–Kier alpha value is -2.87. The Morgan fingerprint density at radius 2 is 1.77 bits per heavy atom. The predicted octanol–water partition coefficient (Wildman–Crippen LogP) is 3.21. The van der Waals surface area contributed by atoms with Crippen molar-refractivity contribution in [1.29, 1.82) is 5.26 Å². The summed E-state index contributed by atoms with van der Waals surface area (Å²) >= 11 is 0. The summed E-state index contributed by atoms with van der Waals surface area (Å²) in [5.74, 6) is 0. The van der Waals surface area contributed by atoms with E-state index in [9.17, 15) is 15.3 Å².